The first-order valence-electron chi connectivity index (χ1n) is 8.81. The molecular weight excluding hydrogens is 292 g/mol. The SMILES string of the molecule is COC(C)(C)CC(C)NC1CCCN(C(=O)OC(C)(C)C)CC1. The zero-order valence-electron chi connectivity index (χ0n) is 16.1. The van der Waals surface area contributed by atoms with E-state index in [0.29, 0.717) is 12.1 Å². The van der Waals surface area contributed by atoms with Gasteiger partial charge in [0.15, 0.2) is 0 Å². The summed E-state index contributed by atoms with van der Waals surface area (Å²) in [7, 11) is 1.76. The van der Waals surface area contributed by atoms with Crippen molar-refractivity contribution in [1.29, 1.82) is 0 Å². The van der Waals surface area contributed by atoms with Crippen molar-refractivity contribution in [3.8, 4) is 0 Å². The molecule has 0 saturated carbocycles. The van der Waals surface area contributed by atoms with Gasteiger partial charge in [-0.2, -0.15) is 0 Å². The number of carbonyl (C=O) groups excluding carboxylic acids is 1. The van der Waals surface area contributed by atoms with Crippen LogP contribution in [0.2, 0.25) is 0 Å². The van der Waals surface area contributed by atoms with Crippen LogP contribution in [0.4, 0.5) is 4.79 Å². The molecule has 1 fully saturated rings. The van der Waals surface area contributed by atoms with Crippen LogP contribution in [0.15, 0.2) is 0 Å². The van der Waals surface area contributed by atoms with E-state index in [1.54, 1.807) is 7.11 Å². The Morgan fingerprint density at radius 3 is 2.43 bits per heavy atom. The number of likely N-dealkylation sites (tertiary alicyclic amines) is 1. The Morgan fingerprint density at radius 2 is 1.87 bits per heavy atom. The van der Waals surface area contributed by atoms with Gasteiger partial charge in [0.25, 0.3) is 0 Å². The fourth-order valence-electron chi connectivity index (χ4n) is 3.05. The van der Waals surface area contributed by atoms with Crippen LogP contribution in [-0.2, 0) is 9.47 Å². The number of hydrogen-bond donors (Lipinski definition) is 1. The number of hydrogen-bond acceptors (Lipinski definition) is 4. The summed E-state index contributed by atoms with van der Waals surface area (Å²) in [6.45, 7) is 13.7. The summed E-state index contributed by atoms with van der Waals surface area (Å²) in [5.74, 6) is 0. The molecule has 136 valence electrons. The summed E-state index contributed by atoms with van der Waals surface area (Å²) in [5.41, 5.74) is -0.541. The highest BCUT2D eigenvalue weighted by molar-refractivity contribution is 5.68. The molecule has 1 aliphatic heterocycles. The number of nitrogens with one attached hydrogen (secondary N) is 1. The van der Waals surface area contributed by atoms with E-state index in [2.05, 4.69) is 26.1 Å². The van der Waals surface area contributed by atoms with Crippen LogP contribution in [0.5, 0.6) is 0 Å². The summed E-state index contributed by atoms with van der Waals surface area (Å²) in [5, 5.41) is 3.70. The molecule has 0 aromatic heterocycles. The van der Waals surface area contributed by atoms with Gasteiger partial charge >= 0.3 is 6.09 Å². The third-order valence-electron chi connectivity index (χ3n) is 4.25. The van der Waals surface area contributed by atoms with Gasteiger partial charge in [0.1, 0.15) is 5.60 Å². The normalized spacial score (nSPS) is 21.7. The van der Waals surface area contributed by atoms with Crippen LogP contribution in [-0.4, -0.2) is 54.5 Å². The van der Waals surface area contributed by atoms with Gasteiger partial charge in [-0.25, -0.2) is 4.79 Å². The maximum atomic E-state index is 12.2. The van der Waals surface area contributed by atoms with Crippen LogP contribution in [0.25, 0.3) is 0 Å². The molecule has 0 bridgehead atoms. The van der Waals surface area contributed by atoms with E-state index >= 15 is 0 Å². The first-order valence-corrected chi connectivity index (χ1v) is 8.81. The number of carbonyl (C=O) groups is 1. The molecule has 0 radical (unpaired) electrons. The average molecular weight is 328 g/mol. The maximum absolute atomic E-state index is 12.2. The van der Waals surface area contributed by atoms with E-state index in [1.807, 2.05) is 25.7 Å². The molecule has 0 aliphatic carbocycles. The molecule has 2 atom stereocenters. The van der Waals surface area contributed by atoms with Crippen LogP contribution in [0, 0.1) is 0 Å². The van der Waals surface area contributed by atoms with Crippen LogP contribution >= 0.6 is 0 Å². The van der Waals surface area contributed by atoms with Gasteiger partial charge in [-0.05, 0) is 67.2 Å². The second kappa shape index (κ2) is 8.34. The molecule has 23 heavy (non-hydrogen) atoms. The van der Waals surface area contributed by atoms with E-state index in [1.165, 1.54) is 0 Å². The Hall–Kier alpha value is -0.810. The number of methoxy groups -OCH3 is 1. The third-order valence-corrected chi connectivity index (χ3v) is 4.25. The molecule has 1 rings (SSSR count). The molecule has 5 nitrogen and oxygen atoms in total. The van der Waals surface area contributed by atoms with Crippen molar-refractivity contribution < 1.29 is 14.3 Å². The Kier molecular flexibility index (Phi) is 7.33. The Balaban J connectivity index is 2.45. The molecule has 2 unspecified atom stereocenters. The fourth-order valence-corrected chi connectivity index (χ4v) is 3.05. The van der Waals surface area contributed by atoms with Crippen LogP contribution in [0.3, 0.4) is 0 Å². The van der Waals surface area contributed by atoms with Crippen molar-refractivity contribution >= 4 is 6.09 Å². The van der Waals surface area contributed by atoms with Crippen molar-refractivity contribution in [3.05, 3.63) is 0 Å². The lowest BCUT2D eigenvalue weighted by Crippen LogP contribution is -2.42. The Morgan fingerprint density at radius 1 is 1.22 bits per heavy atom. The smallest absolute Gasteiger partial charge is 0.410 e. The highest BCUT2D eigenvalue weighted by atomic mass is 16.6. The predicted molar refractivity (Wildman–Crippen MR) is 93.7 cm³/mol. The molecule has 1 N–H and O–H groups in total. The van der Waals surface area contributed by atoms with E-state index in [4.69, 9.17) is 9.47 Å². The lowest BCUT2D eigenvalue weighted by atomic mass is 9.98. The lowest BCUT2D eigenvalue weighted by Gasteiger charge is -2.30. The van der Waals surface area contributed by atoms with Gasteiger partial charge in [-0.3, -0.25) is 0 Å². The van der Waals surface area contributed by atoms with E-state index < -0.39 is 5.60 Å². The van der Waals surface area contributed by atoms with E-state index in [9.17, 15) is 4.79 Å². The number of amides is 1. The van der Waals surface area contributed by atoms with Crippen molar-refractivity contribution in [2.24, 2.45) is 0 Å². The molecule has 1 heterocycles. The van der Waals surface area contributed by atoms with Crippen LogP contribution < -0.4 is 5.32 Å². The predicted octanol–water partition coefficient (Wildman–Crippen LogP) is 3.57. The molecule has 0 aromatic rings. The molecular formula is C18H36N2O3. The standard InChI is InChI=1S/C18H36N2O3/c1-14(13-18(5,6)22-7)19-15-9-8-11-20(12-10-15)16(21)23-17(2,3)4/h14-15,19H,8-13H2,1-7H3. The zero-order chi connectivity index (χ0) is 17.7. The Labute approximate surface area is 142 Å². The minimum atomic E-state index is -0.429. The number of nitrogens with zero attached hydrogens (tertiary/aromatic N) is 1. The fraction of sp³-hybridized carbons (Fsp3) is 0.944. The molecule has 0 aromatic carbocycles. The quantitative estimate of drug-likeness (QED) is 0.838. The molecule has 1 aliphatic rings. The van der Waals surface area contributed by atoms with E-state index in [0.717, 1.165) is 38.8 Å². The summed E-state index contributed by atoms with van der Waals surface area (Å²) in [6, 6.07) is 0.841. The summed E-state index contributed by atoms with van der Waals surface area (Å²) < 4.78 is 11.0. The highest BCUT2D eigenvalue weighted by Crippen LogP contribution is 2.19. The zero-order valence-corrected chi connectivity index (χ0v) is 16.1. The van der Waals surface area contributed by atoms with Gasteiger partial charge in [-0.1, -0.05) is 0 Å². The van der Waals surface area contributed by atoms with Crippen LogP contribution in [0.1, 0.15) is 67.2 Å². The topological polar surface area (TPSA) is 50.8 Å². The van der Waals surface area contributed by atoms with Crippen molar-refractivity contribution in [2.75, 3.05) is 20.2 Å². The molecule has 5 heteroatoms. The minimum absolute atomic E-state index is 0.111. The number of rotatable bonds is 5. The minimum Gasteiger partial charge on any atom is -0.444 e. The summed E-state index contributed by atoms with van der Waals surface area (Å²) in [6.07, 6.45) is 3.85. The lowest BCUT2D eigenvalue weighted by molar-refractivity contribution is 0.00754. The van der Waals surface area contributed by atoms with Gasteiger partial charge in [0.05, 0.1) is 5.60 Å². The largest absolute Gasteiger partial charge is 0.444 e. The van der Waals surface area contributed by atoms with Crippen molar-refractivity contribution in [1.82, 2.24) is 10.2 Å². The Bertz CT molecular complexity index is 377. The first-order chi connectivity index (χ1) is 10.5. The maximum Gasteiger partial charge on any atom is 0.410 e. The van der Waals surface area contributed by atoms with Gasteiger partial charge in [0, 0.05) is 32.3 Å². The summed E-state index contributed by atoms with van der Waals surface area (Å²) >= 11 is 0. The average Bonchev–Trinajstić information content (AvgIpc) is 2.61. The molecule has 1 saturated heterocycles. The summed E-state index contributed by atoms with van der Waals surface area (Å²) in [4.78, 5) is 14.0. The van der Waals surface area contributed by atoms with Gasteiger partial charge in [0.2, 0.25) is 0 Å². The second-order valence-electron chi connectivity index (χ2n) is 8.33. The highest BCUT2D eigenvalue weighted by Gasteiger charge is 2.27. The van der Waals surface area contributed by atoms with E-state index in [-0.39, 0.29) is 11.7 Å². The second-order valence-corrected chi connectivity index (χ2v) is 8.33. The van der Waals surface area contributed by atoms with Gasteiger partial charge in [-0.15, -0.1) is 0 Å². The first kappa shape index (κ1) is 20.2. The molecule has 0 spiro atoms. The van der Waals surface area contributed by atoms with Gasteiger partial charge < -0.3 is 19.7 Å². The monoisotopic (exact) mass is 328 g/mol. The number of ether oxygens (including phenoxy) is 2. The molecule has 1 amide bonds. The van der Waals surface area contributed by atoms with Crippen molar-refractivity contribution in [2.45, 2.75) is 90.5 Å². The van der Waals surface area contributed by atoms with Crippen molar-refractivity contribution in [3.63, 3.8) is 0 Å². The third kappa shape index (κ3) is 8.02.